The molecule has 0 spiro atoms. The van der Waals surface area contributed by atoms with Gasteiger partial charge in [-0.25, -0.2) is 4.79 Å². The van der Waals surface area contributed by atoms with Crippen LogP contribution in [-0.2, 0) is 4.74 Å². The van der Waals surface area contributed by atoms with Crippen molar-refractivity contribution in [2.75, 3.05) is 18.4 Å². The molecule has 3 rings (SSSR count). The van der Waals surface area contributed by atoms with Gasteiger partial charge in [0.15, 0.2) is 5.76 Å². The molecule has 2 aromatic carbocycles. The Hall–Kier alpha value is -2.53. The van der Waals surface area contributed by atoms with Crippen LogP contribution >= 0.6 is 10.7 Å². The van der Waals surface area contributed by atoms with Gasteiger partial charge in [0.2, 0.25) is 0 Å². The molecule has 1 aliphatic heterocycles. The van der Waals surface area contributed by atoms with Crippen LogP contribution in [0.2, 0.25) is 0 Å². The number of hydrogen-bond donors (Lipinski definition) is 0. The zero-order chi connectivity index (χ0) is 16.2. The van der Waals surface area contributed by atoms with Gasteiger partial charge in [-0.3, -0.25) is 4.31 Å². The highest BCUT2D eigenvalue weighted by Gasteiger charge is 2.21. The standard InChI is InChI=1S/C18H18N2O2S/c1-19(2)18(21)22-16-13-20(15-9-5-3-6-10-15)23(14-16)17-11-7-4-8-12-17/h3-14H,1-2H3. The molecule has 0 radical (unpaired) electrons. The van der Waals surface area contributed by atoms with Gasteiger partial charge in [-0.15, -0.1) is 0 Å². The number of ether oxygens (including phenoxy) is 1. The summed E-state index contributed by atoms with van der Waals surface area (Å²) in [5.74, 6) is 0.569. The molecular formula is C18H18N2O2S. The fourth-order valence-corrected chi connectivity index (χ4v) is 3.92. The van der Waals surface area contributed by atoms with Crippen molar-refractivity contribution in [3.05, 3.63) is 72.6 Å². The van der Waals surface area contributed by atoms with Crippen LogP contribution in [0, 0.1) is 0 Å². The van der Waals surface area contributed by atoms with Crippen molar-refractivity contribution in [3.8, 4) is 0 Å². The number of rotatable bonds is 3. The van der Waals surface area contributed by atoms with Gasteiger partial charge in [0.25, 0.3) is 0 Å². The highest BCUT2D eigenvalue weighted by atomic mass is 32.2. The molecule has 0 saturated carbocycles. The van der Waals surface area contributed by atoms with Crippen LogP contribution in [-0.4, -0.2) is 30.5 Å². The fraction of sp³-hybridized carbons (Fsp3) is 0.111. The minimum atomic E-state index is -0.376. The van der Waals surface area contributed by atoms with Gasteiger partial charge >= 0.3 is 6.09 Å². The molecule has 1 unspecified atom stereocenters. The summed E-state index contributed by atoms with van der Waals surface area (Å²) in [7, 11) is 3.02. The lowest BCUT2D eigenvalue weighted by Gasteiger charge is -2.21. The third-order valence-corrected chi connectivity index (χ3v) is 5.20. The molecule has 1 aliphatic rings. The number of carbonyl (C=O) groups is 1. The van der Waals surface area contributed by atoms with E-state index in [2.05, 4.69) is 16.4 Å². The maximum Gasteiger partial charge on any atom is 0.414 e. The Morgan fingerprint density at radius 2 is 1.61 bits per heavy atom. The van der Waals surface area contributed by atoms with Crippen LogP contribution in [0.25, 0.3) is 0 Å². The summed E-state index contributed by atoms with van der Waals surface area (Å²) in [5.41, 5.74) is 1.06. The van der Waals surface area contributed by atoms with E-state index in [1.807, 2.05) is 60.1 Å². The predicted molar refractivity (Wildman–Crippen MR) is 95.5 cm³/mol. The lowest BCUT2D eigenvalue weighted by Crippen LogP contribution is -2.22. The minimum absolute atomic E-state index is 0.319. The van der Waals surface area contributed by atoms with Crippen LogP contribution in [0.4, 0.5) is 10.5 Å². The molecular weight excluding hydrogens is 308 g/mol. The van der Waals surface area contributed by atoms with E-state index >= 15 is 0 Å². The zero-order valence-corrected chi connectivity index (χ0v) is 13.9. The van der Waals surface area contributed by atoms with E-state index in [-0.39, 0.29) is 16.8 Å². The smallest absolute Gasteiger partial charge is 0.408 e. The maximum atomic E-state index is 11.8. The molecule has 0 bridgehead atoms. The second-order valence-corrected chi connectivity index (χ2v) is 6.93. The Morgan fingerprint density at radius 3 is 2.22 bits per heavy atom. The summed E-state index contributed by atoms with van der Waals surface area (Å²) in [5, 5.41) is 1.99. The van der Waals surface area contributed by atoms with Gasteiger partial charge < -0.3 is 9.64 Å². The Bertz CT molecular complexity index is 755. The van der Waals surface area contributed by atoms with Gasteiger partial charge in [0.05, 0.1) is 11.9 Å². The first-order chi connectivity index (χ1) is 11.1. The fourth-order valence-electron chi connectivity index (χ4n) is 2.12. The van der Waals surface area contributed by atoms with Crippen LogP contribution in [0.1, 0.15) is 0 Å². The number of para-hydroxylation sites is 1. The second-order valence-electron chi connectivity index (χ2n) is 5.20. The highest BCUT2D eigenvalue weighted by molar-refractivity contribution is 8.16. The van der Waals surface area contributed by atoms with Crippen LogP contribution in [0.5, 0.6) is 0 Å². The molecule has 4 nitrogen and oxygen atoms in total. The molecule has 2 aromatic rings. The van der Waals surface area contributed by atoms with Crippen molar-refractivity contribution >= 4 is 27.8 Å². The quantitative estimate of drug-likeness (QED) is 0.796. The number of anilines is 1. The lowest BCUT2D eigenvalue weighted by molar-refractivity contribution is 0.152. The summed E-state index contributed by atoms with van der Waals surface area (Å²) < 4.78 is 7.57. The van der Waals surface area contributed by atoms with Crippen LogP contribution < -0.4 is 4.31 Å². The Morgan fingerprint density at radius 1 is 1.00 bits per heavy atom. The van der Waals surface area contributed by atoms with Crippen molar-refractivity contribution < 1.29 is 9.53 Å². The van der Waals surface area contributed by atoms with E-state index in [1.54, 1.807) is 14.1 Å². The van der Waals surface area contributed by atoms with Gasteiger partial charge in [-0.2, -0.15) is 0 Å². The summed E-state index contributed by atoms with van der Waals surface area (Å²) in [6.45, 7) is 0. The summed E-state index contributed by atoms with van der Waals surface area (Å²) in [4.78, 5) is 14.4. The van der Waals surface area contributed by atoms with E-state index in [4.69, 9.17) is 4.74 Å². The van der Waals surface area contributed by atoms with E-state index in [9.17, 15) is 4.79 Å². The third-order valence-electron chi connectivity index (χ3n) is 3.25. The van der Waals surface area contributed by atoms with Gasteiger partial charge in [0.1, 0.15) is 0 Å². The van der Waals surface area contributed by atoms with E-state index in [0.717, 1.165) is 5.69 Å². The largest absolute Gasteiger partial charge is 0.414 e. The monoisotopic (exact) mass is 326 g/mol. The van der Waals surface area contributed by atoms with E-state index in [0.29, 0.717) is 5.76 Å². The molecule has 0 aliphatic carbocycles. The second kappa shape index (κ2) is 6.71. The molecule has 1 atom stereocenters. The average molecular weight is 326 g/mol. The molecule has 5 heteroatoms. The number of benzene rings is 2. The summed E-state index contributed by atoms with van der Waals surface area (Å²) in [6, 6.07) is 20.3. The normalized spacial score (nSPS) is 16.5. The van der Waals surface area contributed by atoms with Gasteiger partial charge in [-0.05, 0) is 24.3 Å². The maximum absolute atomic E-state index is 11.8. The van der Waals surface area contributed by atoms with Gasteiger partial charge in [-0.1, -0.05) is 47.1 Å². The van der Waals surface area contributed by atoms with Crippen molar-refractivity contribution in [1.82, 2.24) is 4.90 Å². The first kappa shape index (κ1) is 15.4. The Kier molecular flexibility index (Phi) is 4.48. The topological polar surface area (TPSA) is 32.8 Å². The average Bonchev–Trinajstić information content (AvgIpc) is 3.00. The van der Waals surface area contributed by atoms with Gasteiger partial charge in [0, 0.05) is 24.4 Å². The number of carbonyl (C=O) groups excluding carboxylic acids is 1. The minimum Gasteiger partial charge on any atom is -0.408 e. The first-order valence-electron chi connectivity index (χ1n) is 7.23. The van der Waals surface area contributed by atoms with Crippen LogP contribution in [0.3, 0.4) is 0 Å². The Balaban J connectivity index is 1.96. The number of allylic oxidation sites excluding steroid dienone is 1. The summed E-state index contributed by atoms with van der Waals surface area (Å²) >= 11 is 0. The molecule has 0 fully saturated rings. The van der Waals surface area contributed by atoms with Crippen molar-refractivity contribution in [2.24, 2.45) is 0 Å². The first-order valence-corrected chi connectivity index (χ1v) is 8.48. The molecule has 1 heterocycles. The molecule has 0 N–H and O–H groups in total. The SMILES string of the molecule is CN(C)C(=O)OC1=CN(c2ccccc2)S(c2ccccc2)=C1. The summed E-state index contributed by atoms with van der Waals surface area (Å²) in [6.07, 6.45) is 1.51. The molecule has 0 saturated heterocycles. The van der Waals surface area contributed by atoms with E-state index < -0.39 is 0 Å². The van der Waals surface area contributed by atoms with E-state index in [1.165, 1.54) is 9.80 Å². The number of hydrogen-bond acceptors (Lipinski definition) is 3. The lowest BCUT2D eigenvalue weighted by atomic mass is 10.3. The molecule has 1 amide bonds. The van der Waals surface area contributed by atoms with Crippen LogP contribution in [0.15, 0.2) is 77.5 Å². The van der Waals surface area contributed by atoms with Crippen molar-refractivity contribution in [3.63, 3.8) is 0 Å². The molecule has 0 aromatic heterocycles. The zero-order valence-electron chi connectivity index (χ0n) is 13.0. The number of amides is 1. The van der Waals surface area contributed by atoms with Crippen molar-refractivity contribution in [1.29, 1.82) is 0 Å². The van der Waals surface area contributed by atoms with Crippen molar-refractivity contribution in [2.45, 2.75) is 4.90 Å². The number of nitrogens with zero attached hydrogens (tertiary/aromatic N) is 2. The third kappa shape index (κ3) is 3.46. The molecule has 118 valence electrons. The molecule has 23 heavy (non-hydrogen) atoms. The highest BCUT2D eigenvalue weighted by Crippen LogP contribution is 2.39. The Labute approximate surface area is 138 Å². The predicted octanol–water partition coefficient (Wildman–Crippen LogP) is 4.09.